The number of aliphatic hydroxyl groups excluding tert-OH is 1. The molecule has 2 bridgehead atoms. The van der Waals surface area contributed by atoms with E-state index < -0.39 is 35.1 Å². The van der Waals surface area contributed by atoms with Gasteiger partial charge in [-0.1, -0.05) is 63.5 Å². The van der Waals surface area contributed by atoms with E-state index in [0.717, 1.165) is 37.8 Å². The van der Waals surface area contributed by atoms with Gasteiger partial charge in [0.05, 0.1) is 30.1 Å². The van der Waals surface area contributed by atoms with Crippen LogP contribution < -0.4 is 4.90 Å². The topological polar surface area (TPSA) is 90.4 Å². The number of rotatable bonds is 11. The number of fused-ring (bicyclic) bond motifs is 1. The van der Waals surface area contributed by atoms with Crippen LogP contribution in [0.3, 0.4) is 0 Å². The van der Waals surface area contributed by atoms with Gasteiger partial charge >= 0.3 is 0 Å². The minimum Gasteiger partial charge on any atom is -0.394 e. The van der Waals surface area contributed by atoms with Crippen molar-refractivity contribution < 1.29 is 24.2 Å². The lowest BCUT2D eigenvalue weighted by Crippen LogP contribution is -2.60. The standard InChI is InChI=1S/C34H47N3O5/c1-6-19-35(25-15-11-9-12-16-25)30(39)27-28-31(40)37(24(8-3)22-38)29(34(28)21-23(4)33(27,5)42-34)32(41)36(20-7-2)26-17-13-10-14-18-26/h6-7,9,11-12,15-16,23-24,26-29,38H,1-2,8,10,13-14,17-22H2,3-5H3/t23?,24-,27-,28-,29?,33+,34?/m0/s1. The molecule has 4 fully saturated rings. The Morgan fingerprint density at radius 3 is 2.38 bits per heavy atom. The van der Waals surface area contributed by atoms with Crippen molar-refractivity contribution in [2.24, 2.45) is 17.8 Å². The van der Waals surface area contributed by atoms with Crippen molar-refractivity contribution in [3.8, 4) is 0 Å². The summed E-state index contributed by atoms with van der Waals surface area (Å²) in [5.74, 6) is -2.29. The molecule has 42 heavy (non-hydrogen) atoms. The molecule has 8 heteroatoms. The lowest BCUT2D eigenvalue weighted by Gasteiger charge is -2.42. The quantitative estimate of drug-likeness (QED) is 0.396. The highest BCUT2D eigenvalue weighted by Crippen LogP contribution is 2.66. The highest BCUT2D eigenvalue weighted by molar-refractivity contribution is 6.03. The number of hydrogen-bond donors (Lipinski definition) is 1. The maximum Gasteiger partial charge on any atom is 0.248 e. The second-order valence-corrected chi connectivity index (χ2v) is 12.8. The normalized spacial score (nSPS) is 32.9. The molecule has 5 rings (SSSR count). The van der Waals surface area contributed by atoms with Gasteiger partial charge < -0.3 is 24.5 Å². The first kappa shape index (κ1) is 30.5. The molecule has 1 N–H and O–H groups in total. The summed E-state index contributed by atoms with van der Waals surface area (Å²) in [6, 6.07) is 8.01. The number of para-hydroxylation sites is 1. The van der Waals surface area contributed by atoms with Crippen molar-refractivity contribution in [1.82, 2.24) is 9.80 Å². The number of carbonyl (C=O) groups excluding carboxylic acids is 3. The molecule has 3 unspecified atom stereocenters. The van der Waals surface area contributed by atoms with Gasteiger partial charge in [-0.15, -0.1) is 13.2 Å². The van der Waals surface area contributed by atoms with Crippen LogP contribution in [0.4, 0.5) is 5.69 Å². The van der Waals surface area contributed by atoms with Crippen molar-refractivity contribution in [3.63, 3.8) is 0 Å². The Hall–Kier alpha value is -2.97. The number of ether oxygens (including phenoxy) is 1. The lowest BCUT2D eigenvalue weighted by atomic mass is 9.62. The second-order valence-electron chi connectivity index (χ2n) is 12.8. The predicted molar refractivity (Wildman–Crippen MR) is 163 cm³/mol. The Balaban J connectivity index is 1.62. The third-order valence-corrected chi connectivity index (χ3v) is 10.6. The molecule has 1 saturated carbocycles. The number of carbonyl (C=O) groups is 3. The highest BCUT2D eigenvalue weighted by Gasteiger charge is 2.80. The zero-order valence-electron chi connectivity index (χ0n) is 25.4. The van der Waals surface area contributed by atoms with E-state index >= 15 is 0 Å². The molecule has 1 aliphatic carbocycles. The van der Waals surface area contributed by atoms with Crippen LogP contribution in [0.15, 0.2) is 55.6 Å². The SMILES string of the molecule is C=CCN(C(=O)[C@@H]1[C@H]2C(=O)N([C@@H](CC)CO)C(C(=O)N(CC=C)C3CCCCC3)C23CC(C)[C@@]1(C)O3)c1ccccc1. The lowest BCUT2D eigenvalue weighted by molar-refractivity contribution is -0.157. The van der Waals surface area contributed by atoms with Crippen LogP contribution in [0.5, 0.6) is 0 Å². The second kappa shape index (κ2) is 12.0. The van der Waals surface area contributed by atoms with E-state index in [1.807, 2.05) is 49.1 Å². The highest BCUT2D eigenvalue weighted by atomic mass is 16.5. The maximum atomic E-state index is 14.8. The van der Waals surface area contributed by atoms with E-state index in [9.17, 15) is 19.5 Å². The fourth-order valence-electron chi connectivity index (χ4n) is 8.47. The molecule has 228 valence electrons. The van der Waals surface area contributed by atoms with Gasteiger partial charge in [0.25, 0.3) is 0 Å². The van der Waals surface area contributed by atoms with Crippen molar-refractivity contribution in [2.45, 2.75) is 95.0 Å². The number of benzene rings is 1. The largest absolute Gasteiger partial charge is 0.394 e. The average Bonchev–Trinajstić information content (AvgIpc) is 3.52. The summed E-state index contributed by atoms with van der Waals surface area (Å²) in [6.45, 7) is 14.1. The minimum atomic E-state index is -1.16. The van der Waals surface area contributed by atoms with Gasteiger partial charge in [-0.05, 0) is 50.7 Å². The van der Waals surface area contributed by atoms with Gasteiger partial charge in [-0.2, -0.15) is 0 Å². The summed E-state index contributed by atoms with van der Waals surface area (Å²) in [5.41, 5.74) is -1.36. The molecule has 1 spiro atoms. The number of amides is 3. The molecule has 3 amide bonds. The van der Waals surface area contributed by atoms with E-state index in [2.05, 4.69) is 20.1 Å². The fraction of sp³-hybridized carbons (Fsp3) is 0.618. The van der Waals surface area contributed by atoms with Gasteiger partial charge in [0.2, 0.25) is 17.7 Å². The predicted octanol–water partition coefficient (Wildman–Crippen LogP) is 4.33. The minimum absolute atomic E-state index is 0.0658. The Morgan fingerprint density at radius 1 is 1.12 bits per heavy atom. The smallest absolute Gasteiger partial charge is 0.248 e. The number of nitrogens with zero attached hydrogens (tertiary/aromatic N) is 3. The van der Waals surface area contributed by atoms with E-state index in [-0.39, 0.29) is 42.8 Å². The summed E-state index contributed by atoms with van der Waals surface area (Å²) in [4.78, 5) is 49.2. The van der Waals surface area contributed by atoms with Crippen LogP contribution in [-0.2, 0) is 19.1 Å². The van der Waals surface area contributed by atoms with Crippen LogP contribution in [0.1, 0.15) is 65.7 Å². The first-order chi connectivity index (χ1) is 20.2. The van der Waals surface area contributed by atoms with E-state index in [1.165, 1.54) is 0 Å². The first-order valence-corrected chi connectivity index (χ1v) is 15.7. The third-order valence-electron chi connectivity index (χ3n) is 10.6. The third kappa shape index (κ3) is 4.62. The van der Waals surface area contributed by atoms with E-state index in [0.29, 0.717) is 19.4 Å². The van der Waals surface area contributed by atoms with Crippen molar-refractivity contribution in [3.05, 3.63) is 55.6 Å². The van der Waals surface area contributed by atoms with Gasteiger partial charge in [0, 0.05) is 24.8 Å². The molecule has 3 aliphatic heterocycles. The monoisotopic (exact) mass is 577 g/mol. The Morgan fingerprint density at radius 2 is 1.79 bits per heavy atom. The van der Waals surface area contributed by atoms with Crippen molar-refractivity contribution in [2.75, 3.05) is 24.6 Å². The molecular weight excluding hydrogens is 530 g/mol. The van der Waals surface area contributed by atoms with Gasteiger partial charge in [0.1, 0.15) is 11.6 Å². The van der Waals surface area contributed by atoms with Gasteiger partial charge in [0.15, 0.2) is 0 Å². The Bertz CT molecular complexity index is 1190. The molecule has 0 aromatic heterocycles. The Kier molecular flexibility index (Phi) is 8.68. The summed E-state index contributed by atoms with van der Waals surface area (Å²) < 4.78 is 6.98. The van der Waals surface area contributed by atoms with Crippen LogP contribution in [0.2, 0.25) is 0 Å². The Labute approximate surface area is 250 Å². The average molecular weight is 578 g/mol. The summed E-state index contributed by atoms with van der Waals surface area (Å²) in [5, 5.41) is 10.4. The van der Waals surface area contributed by atoms with Crippen LogP contribution in [-0.4, -0.2) is 81.7 Å². The molecule has 7 atom stereocenters. The molecule has 0 radical (unpaired) electrons. The van der Waals surface area contributed by atoms with Crippen molar-refractivity contribution in [1.29, 1.82) is 0 Å². The van der Waals surface area contributed by atoms with Gasteiger partial charge in [-0.3, -0.25) is 14.4 Å². The van der Waals surface area contributed by atoms with Crippen molar-refractivity contribution >= 4 is 23.4 Å². The molecule has 3 saturated heterocycles. The molecule has 8 nitrogen and oxygen atoms in total. The van der Waals surface area contributed by atoms with E-state index in [4.69, 9.17) is 4.74 Å². The number of likely N-dealkylation sites (tertiary alicyclic amines) is 1. The van der Waals surface area contributed by atoms with Crippen LogP contribution in [0.25, 0.3) is 0 Å². The van der Waals surface area contributed by atoms with Crippen LogP contribution in [0, 0.1) is 17.8 Å². The molecule has 1 aromatic carbocycles. The number of aliphatic hydroxyl groups is 1. The molecular formula is C34H47N3O5. The molecule has 4 aliphatic rings. The summed E-state index contributed by atoms with van der Waals surface area (Å²) >= 11 is 0. The van der Waals surface area contributed by atoms with Gasteiger partial charge in [-0.25, -0.2) is 0 Å². The van der Waals surface area contributed by atoms with Crippen LogP contribution >= 0.6 is 0 Å². The molecule has 1 aromatic rings. The zero-order chi connectivity index (χ0) is 30.2. The zero-order valence-corrected chi connectivity index (χ0v) is 25.4. The fourth-order valence-corrected chi connectivity index (χ4v) is 8.47. The maximum absolute atomic E-state index is 14.8. The first-order valence-electron chi connectivity index (χ1n) is 15.7. The number of anilines is 1. The van der Waals surface area contributed by atoms with E-state index in [1.54, 1.807) is 22.0 Å². The summed E-state index contributed by atoms with van der Waals surface area (Å²) in [6.07, 6.45) is 9.52. The summed E-state index contributed by atoms with van der Waals surface area (Å²) in [7, 11) is 0. The molecule has 3 heterocycles. The number of hydrogen-bond acceptors (Lipinski definition) is 5.